The SMILES string of the molecule is CN1[C@@H](CCC(=O)NCc2cccs2)CNC(=O)[C@@H]2[C@H]1CCN2Cc1ccc(C(F)(F)F)cc1. The number of rotatable bonds is 7. The minimum Gasteiger partial charge on any atom is -0.353 e. The zero-order chi connectivity index (χ0) is 24.3. The summed E-state index contributed by atoms with van der Waals surface area (Å²) in [6.07, 6.45) is -2.56. The largest absolute Gasteiger partial charge is 0.416 e. The first-order valence-corrected chi connectivity index (χ1v) is 12.3. The Balaban J connectivity index is 1.34. The van der Waals surface area contributed by atoms with Gasteiger partial charge in [-0.1, -0.05) is 18.2 Å². The van der Waals surface area contributed by atoms with Gasteiger partial charge in [0.1, 0.15) is 6.04 Å². The van der Waals surface area contributed by atoms with Crippen molar-refractivity contribution in [3.05, 3.63) is 57.8 Å². The Morgan fingerprint density at radius 3 is 2.68 bits per heavy atom. The third kappa shape index (κ3) is 5.79. The van der Waals surface area contributed by atoms with E-state index in [-0.39, 0.29) is 29.9 Å². The summed E-state index contributed by atoms with van der Waals surface area (Å²) in [4.78, 5) is 30.6. The summed E-state index contributed by atoms with van der Waals surface area (Å²) in [7, 11) is 1.99. The van der Waals surface area contributed by atoms with Crippen LogP contribution in [-0.4, -0.2) is 59.9 Å². The van der Waals surface area contributed by atoms with Crippen LogP contribution in [-0.2, 0) is 28.9 Å². The molecule has 10 heteroatoms. The molecule has 34 heavy (non-hydrogen) atoms. The van der Waals surface area contributed by atoms with Crippen molar-refractivity contribution >= 4 is 23.2 Å². The first kappa shape index (κ1) is 24.7. The summed E-state index contributed by atoms with van der Waals surface area (Å²) in [5, 5.41) is 7.94. The Morgan fingerprint density at radius 1 is 1.24 bits per heavy atom. The molecule has 1 aromatic heterocycles. The Hall–Kier alpha value is -2.43. The van der Waals surface area contributed by atoms with E-state index < -0.39 is 11.7 Å². The number of likely N-dealkylation sites (N-methyl/N-ethyl adjacent to an activating group) is 1. The molecule has 184 valence electrons. The Morgan fingerprint density at radius 2 is 2.00 bits per heavy atom. The fraction of sp³-hybridized carbons (Fsp3) is 0.500. The van der Waals surface area contributed by atoms with Gasteiger partial charge in [-0.3, -0.25) is 19.4 Å². The molecule has 0 unspecified atom stereocenters. The van der Waals surface area contributed by atoms with Crippen LogP contribution in [0.15, 0.2) is 41.8 Å². The smallest absolute Gasteiger partial charge is 0.353 e. The molecule has 0 aliphatic carbocycles. The van der Waals surface area contributed by atoms with Gasteiger partial charge in [0.05, 0.1) is 12.1 Å². The van der Waals surface area contributed by atoms with Gasteiger partial charge < -0.3 is 10.6 Å². The molecule has 4 rings (SSSR count). The summed E-state index contributed by atoms with van der Waals surface area (Å²) in [5.74, 6) is -0.0739. The number of benzene rings is 1. The molecule has 2 amide bonds. The highest BCUT2D eigenvalue weighted by Gasteiger charge is 2.45. The Labute approximate surface area is 201 Å². The monoisotopic (exact) mass is 494 g/mol. The van der Waals surface area contributed by atoms with Crippen molar-refractivity contribution in [2.24, 2.45) is 0 Å². The molecule has 0 saturated carbocycles. The molecule has 2 fully saturated rings. The van der Waals surface area contributed by atoms with Gasteiger partial charge in [0.15, 0.2) is 0 Å². The minimum absolute atomic E-state index is 0.00358. The zero-order valence-electron chi connectivity index (χ0n) is 19.0. The van der Waals surface area contributed by atoms with Gasteiger partial charge in [0, 0.05) is 43.0 Å². The summed E-state index contributed by atoms with van der Waals surface area (Å²) in [5.41, 5.74) is 0.0667. The van der Waals surface area contributed by atoms with Crippen LogP contribution >= 0.6 is 11.3 Å². The molecular formula is C24H29F3N4O2S. The molecule has 2 aromatic rings. The number of nitrogens with one attached hydrogen (secondary N) is 2. The number of amides is 2. The van der Waals surface area contributed by atoms with E-state index in [0.717, 1.165) is 29.0 Å². The maximum absolute atomic E-state index is 12.9. The van der Waals surface area contributed by atoms with Crippen molar-refractivity contribution in [3.8, 4) is 0 Å². The lowest BCUT2D eigenvalue weighted by atomic mass is 10.0. The highest BCUT2D eigenvalue weighted by molar-refractivity contribution is 7.09. The number of hydrogen-bond acceptors (Lipinski definition) is 5. The van der Waals surface area contributed by atoms with Crippen molar-refractivity contribution in [2.45, 2.75) is 56.7 Å². The quantitative estimate of drug-likeness (QED) is 0.621. The standard InChI is InChI=1S/C24H29F3N4O2S/c1-30-18(8-9-21(32)28-14-19-3-2-12-34-19)13-29-23(33)22-20(30)10-11-31(22)15-16-4-6-17(7-5-16)24(25,26)27/h2-7,12,18,20,22H,8-11,13-15H2,1H3,(H,28,32)(H,29,33)/t18-,20+,22-/m0/s1. The molecule has 3 atom stereocenters. The number of halogens is 3. The molecule has 6 nitrogen and oxygen atoms in total. The lowest BCUT2D eigenvalue weighted by molar-refractivity contribution is -0.137. The van der Waals surface area contributed by atoms with Crippen LogP contribution in [0, 0.1) is 0 Å². The van der Waals surface area contributed by atoms with Crippen molar-refractivity contribution in [3.63, 3.8) is 0 Å². The van der Waals surface area contributed by atoms with Gasteiger partial charge in [-0.05, 0) is 49.0 Å². The Kier molecular flexibility index (Phi) is 7.59. The van der Waals surface area contributed by atoms with Gasteiger partial charge in [0.25, 0.3) is 0 Å². The molecule has 2 aliphatic heterocycles. The van der Waals surface area contributed by atoms with Gasteiger partial charge in [-0.25, -0.2) is 0 Å². The summed E-state index contributed by atoms with van der Waals surface area (Å²) in [6.45, 7) is 2.09. The number of thiophene rings is 1. The normalized spacial score (nSPS) is 23.9. The van der Waals surface area contributed by atoms with E-state index >= 15 is 0 Å². The average molecular weight is 495 g/mol. The average Bonchev–Trinajstić information content (AvgIpc) is 3.44. The molecule has 3 heterocycles. The second-order valence-corrected chi connectivity index (χ2v) is 9.96. The van der Waals surface area contributed by atoms with Crippen LogP contribution in [0.25, 0.3) is 0 Å². The predicted octanol–water partition coefficient (Wildman–Crippen LogP) is 3.24. The van der Waals surface area contributed by atoms with Crippen molar-refractivity contribution in [1.29, 1.82) is 0 Å². The fourth-order valence-electron chi connectivity index (χ4n) is 4.84. The topological polar surface area (TPSA) is 64.7 Å². The lowest BCUT2D eigenvalue weighted by Gasteiger charge is -2.33. The highest BCUT2D eigenvalue weighted by atomic mass is 32.1. The van der Waals surface area contributed by atoms with Crippen LogP contribution in [0.4, 0.5) is 13.2 Å². The third-order valence-electron chi connectivity index (χ3n) is 6.76. The summed E-state index contributed by atoms with van der Waals surface area (Å²) < 4.78 is 38.5. The number of hydrogen-bond donors (Lipinski definition) is 2. The van der Waals surface area contributed by atoms with Crippen molar-refractivity contribution < 1.29 is 22.8 Å². The molecule has 2 N–H and O–H groups in total. The second-order valence-electron chi connectivity index (χ2n) is 8.93. The maximum Gasteiger partial charge on any atom is 0.416 e. The first-order chi connectivity index (χ1) is 16.2. The van der Waals surface area contributed by atoms with E-state index in [2.05, 4.69) is 15.5 Å². The van der Waals surface area contributed by atoms with Crippen LogP contribution < -0.4 is 10.6 Å². The van der Waals surface area contributed by atoms with Gasteiger partial charge in [-0.2, -0.15) is 13.2 Å². The van der Waals surface area contributed by atoms with Crippen LogP contribution in [0.3, 0.4) is 0 Å². The van der Waals surface area contributed by atoms with Crippen LogP contribution in [0.2, 0.25) is 0 Å². The molecule has 1 aromatic carbocycles. The van der Waals surface area contributed by atoms with Crippen LogP contribution in [0.5, 0.6) is 0 Å². The van der Waals surface area contributed by atoms with E-state index in [9.17, 15) is 22.8 Å². The Bertz CT molecular complexity index is 981. The molecule has 0 spiro atoms. The van der Waals surface area contributed by atoms with E-state index in [1.807, 2.05) is 29.5 Å². The molecular weight excluding hydrogens is 465 g/mol. The second kappa shape index (κ2) is 10.5. The number of fused-ring (bicyclic) bond motifs is 1. The number of nitrogens with zero attached hydrogens (tertiary/aromatic N) is 2. The molecule has 0 bridgehead atoms. The lowest BCUT2D eigenvalue weighted by Crippen LogP contribution is -2.49. The summed E-state index contributed by atoms with van der Waals surface area (Å²) in [6, 6.07) is 8.73. The third-order valence-corrected chi connectivity index (χ3v) is 7.64. The van der Waals surface area contributed by atoms with Gasteiger partial charge in [0.2, 0.25) is 11.8 Å². The number of carbonyl (C=O) groups excluding carboxylic acids is 2. The van der Waals surface area contributed by atoms with Crippen molar-refractivity contribution in [2.75, 3.05) is 20.1 Å². The number of carbonyl (C=O) groups is 2. The van der Waals surface area contributed by atoms with E-state index in [1.165, 1.54) is 12.1 Å². The molecule has 2 saturated heterocycles. The van der Waals surface area contributed by atoms with Gasteiger partial charge in [-0.15, -0.1) is 11.3 Å². The van der Waals surface area contributed by atoms with E-state index in [4.69, 9.17) is 0 Å². The number of likely N-dealkylation sites (tertiary alicyclic amines) is 1. The van der Waals surface area contributed by atoms with E-state index in [0.29, 0.717) is 39.0 Å². The first-order valence-electron chi connectivity index (χ1n) is 11.4. The molecule has 0 radical (unpaired) electrons. The fourth-order valence-corrected chi connectivity index (χ4v) is 5.49. The van der Waals surface area contributed by atoms with E-state index in [1.54, 1.807) is 11.3 Å². The van der Waals surface area contributed by atoms with Gasteiger partial charge >= 0.3 is 6.18 Å². The maximum atomic E-state index is 12.9. The zero-order valence-corrected chi connectivity index (χ0v) is 19.8. The van der Waals surface area contributed by atoms with Crippen molar-refractivity contribution in [1.82, 2.24) is 20.4 Å². The predicted molar refractivity (Wildman–Crippen MR) is 124 cm³/mol. The summed E-state index contributed by atoms with van der Waals surface area (Å²) >= 11 is 1.60. The minimum atomic E-state index is -4.36. The van der Waals surface area contributed by atoms with Crippen LogP contribution in [0.1, 0.15) is 35.3 Å². The number of alkyl halides is 3. The molecule has 2 aliphatic rings. The highest BCUT2D eigenvalue weighted by Crippen LogP contribution is 2.31.